The molecule has 260 valence electrons. The van der Waals surface area contributed by atoms with Crippen molar-refractivity contribution in [1.82, 2.24) is 20.4 Å². The SMILES string of the molecule is CC[C@H](C)[C@@H]([C@@H](CC(=O)N1CCC[C@H]1[C@H](OC)[C@@H](C)C(=O)N[C@H](C)[C@@H](O)c1ccccc1)OC)N(C)C(=O)[C@@H](NC(C)=O)C(C)C. The van der Waals surface area contributed by atoms with Crippen LogP contribution in [0.5, 0.6) is 0 Å². The lowest BCUT2D eigenvalue weighted by atomic mass is 9.89. The summed E-state index contributed by atoms with van der Waals surface area (Å²) in [6.45, 7) is 13.3. The summed E-state index contributed by atoms with van der Waals surface area (Å²) in [6.07, 6.45) is 0.227. The van der Waals surface area contributed by atoms with Gasteiger partial charge in [0.05, 0.1) is 48.8 Å². The van der Waals surface area contributed by atoms with E-state index in [1.165, 1.54) is 6.92 Å². The third kappa shape index (κ3) is 9.99. The summed E-state index contributed by atoms with van der Waals surface area (Å²) in [7, 11) is 4.81. The number of likely N-dealkylation sites (tertiary alicyclic amines) is 1. The van der Waals surface area contributed by atoms with E-state index >= 15 is 0 Å². The van der Waals surface area contributed by atoms with Gasteiger partial charge in [0.15, 0.2) is 0 Å². The van der Waals surface area contributed by atoms with Crippen LogP contribution in [0.15, 0.2) is 30.3 Å². The zero-order valence-electron chi connectivity index (χ0n) is 29.5. The van der Waals surface area contributed by atoms with Gasteiger partial charge in [-0.1, -0.05) is 71.4 Å². The topological polar surface area (TPSA) is 138 Å². The number of carbonyl (C=O) groups excluding carboxylic acids is 4. The standard InChI is InChI=1S/C35H58N4O7/c1-11-22(4)31(38(8)35(44)30(21(2)3)37-25(7)40)28(45-9)20-29(41)39-19-15-18-27(39)33(46-10)23(5)34(43)36-24(6)32(42)26-16-13-12-14-17-26/h12-14,16-17,21-24,27-28,30-33,42H,11,15,18-20H2,1-10H3,(H,36,43)(H,37,40)/t22-,23+,24+,27-,28+,30-,31-,32+,33+/m0/s1. The summed E-state index contributed by atoms with van der Waals surface area (Å²) in [5, 5.41) is 16.5. The Labute approximate surface area is 275 Å². The number of rotatable bonds is 17. The van der Waals surface area contributed by atoms with Crippen molar-refractivity contribution in [3.63, 3.8) is 0 Å². The molecular weight excluding hydrogens is 588 g/mol. The van der Waals surface area contributed by atoms with E-state index in [1.807, 2.05) is 58.0 Å². The van der Waals surface area contributed by atoms with Crippen molar-refractivity contribution in [1.29, 1.82) is 0 Å². The lowest BCUT2D eigenvalue weighted by molar-refractivity contribution is -0.147. The molecule has 0 unspecified atom stereocenters. The molecule has 11 nitrogen and oxygen atoms in total. The Balaban J connectivity index is 2.21. The van der Waals surface area contributed by atoms with Gasteiger partial charge in [-0.2, -0.15) is 0 Å². The predicted molar refractivity (Wildman–Crippen MR) is 178 cm³/mol. The molecule has 0 aromatic heterocycles. The number of hydrogen-bond donors (Lipinski definition) is 3. The van der Waals surface area contributed by atoms with Gasteiger partial charge in [0.2, 0.25) is 23.6 Å². The first-order chi connectivity index (χ1) is 21.7. The molecule has 4 amide bonds. The van der Waals surface area contributed by atoms with Gasteiger partial charge in [0, 0.05) is 34.7 Å². The number of benzene rings is 1. The molecule has 1 aliphatic heterocycles. The maximum absolute atomic E-state index is 14.0. The molecule has 1 fully saturated rings. The Bertz CT molecular complexity index is 1130. The number of hydrogen-bond acceptors (Lipinski definition) is 7. The summed E-state index contributed by atoms with van der Waals surface area (Å²) in [5.74, 6) is -1.61. The van der Waals surface area contributed by atoms with Crippen LogP contribution in [-0.4, -0.2) is 103 Å². The van der Waals surface area contributed by atoms with E-state index in [0.29, 0.717) is 18.5 Å². The third-order valence-electron chi connectivity index (χ3n) is 9.53. The smallest absolute Gasteiger partial charge is 0.245 e. The fourth-order valence-electron chi connectivity index (χ4n) is 6.63. The fraction of sp³-hybridized carbons (Fsp3) is 0.714. The van der Waals surface area contributed by atoms with Crippen LogP contribution in [0.25, 0.3) is 0 Å². The Kier molecular flexibility index (Phi) is 15.6. The molecule has 1 aromatic carbocycles. The Morgan fingerprint density at radius 3 is 2.17 bits per heavy atom. The number of likely N-dealkylation sites (N-methyl/N-ethyl adjacent to an activating group) is 1. The van der Waals surface area contributed by atoms with Crippen LogP contribution in [0.1, 0.15) is 85.8 Å². The minimum atomic E-state index is -0.869. The predicted octanol–water partition coefficient (Wildman–Crippen LogP) is 3.31. The van der Waals surface area contributed by atoms with Crippen molar-refractivity contribution < 1.29 is 33.8 Å². The molecule has 0 spiro atoms. The van der Waals surface area contributed by atoms with E-state index < -0.39 is 42.4 Å². The van der Waals surface area contributed by atoms with Crippen LogP contribution in [-0.2, 0) is 28.7 Å². The third-order valence-corrected chi connectivity index (χ3v) is 9.53. The second kappa shape index (κ2) is 18.4. The van der Waals surface area contributed by atoms with E-state index in [0.717, 1.165) is 12.8 Å². The number of carbonyl (C=O) groups is 4. The number of nitrogens with zero attached hydrogens (tertiary/aromatic N) is 2. The van der Waals surface area contributed by atoms with E-state index in [-0.39, 0.29) is 47.9 Å². The molecule has 9 atom stereocenters. The highest BCUT2D eigenvalue weighted by atomic mass is 16.5. The molecule has 0 radical (unpaired) electrons. The first-order valence-corrected chi connectivity index (χ1v) is 16.6. The van der Waals surface area contributed by atoms with Crippen molar-refractivity contribution in [3.8, 4) is 0 Å². The number of amides is 4. The number of aliphatic hydroxyl groups is 1. The zero-order valence-corrected chi connectivity index (χ0v) is 29.5. The first kappa shape index (κ1) is 39.2. The van der Waals surface area contributed by atoms with Crippen LogP contribution >= 0.6 is 0 Å². The maximum atomic E-state index is 14.0. The van der Waals surface area contributed by atoms with Crippen molar-refractivity contribution in [2.24, 2.45) is 17.8 Å². The summed E-state index contributed by atoms with van der Waals surface area (Å²) < 4.78 is 11.8. The number of ether oxygens (including phenoxy) is 2. The molecule has 1 heterocycles. The molecule has 1 aromatic rings. The molecule has 0 aliphatic carbocycles. The minimum absolute atomic E-state index is 0.00915. The van der Waals surface area contributed by atoms with Gasteiger partial charge in [-0.15, -0.1) is 0 Å². The summed E-state index contributed by atoms with van der Waals surface area (Å²) >= 11 is 0. The van der Waals surface area contributed by atoms with Gasteiger partial charge in [-0.05, 0) is 37.2 Å². The number of methoxy groups -OCH3 is 2. The Hall–Kier alpha value is -3.02. The fourth-order valence-corrected chi connectivity index (χ4v) is 6.63. The Morgan fingerprint density at radius 1 is 1.02 bits per heavy atom. The second-order valence-corrected chi connectivity index (χ2v) is 13.2. The van der Waals surface area contributed by atoms with Gasteiger partial charge in [-0.25, -0.2) is 0 Å². The van der Waals surface area contributed by atoms with E-state index in [9.17, 15) is 24.3 Å². The molecule has 0 saturated carbocycles. The van der Waals surface area contributed by atoms with Crippen LogP contribution in [0.2, 0.25) is 0 Å². The molecule has 1 saturated heterocycles. The summed E-state index contributed by atoms with van der Waals surface area (Å²) in [4.78, 5) is 56.3. The highest BCUT2D eigenvalue weighted by Crippen LogP contribution is 2.30. The lowest BCUT2D eigenvalue weighted by Gasteiger charge is -2.40. The van der Waals surface area contributed by atoms with Crippen molar-refractivity contribution in [2.45, 2.75) is 117 Å². The van der Waals surface area contributed by atoms with Crippen molar-refractivity contribution >= 4 is 23.6 Å². The molecule has 1 aliphatic rings. The normalized spacial score (nSPS) is 20.2. The lowest BCUT2D eigenvalue weighted by Crippen LogP contribution is -2.57. The van der Waals surface area contributed by atoms with E-state index in [2.05, 4.69) is 10.6 Å². The second-order valence-electron chi connectivity index (χ2n) is 13.2. The van der Waals surface area contributed by atoms with Crippen molar-refractivity contribution in [2.75, 3.05) is 27.8 Å². The summed E-state index contributed by atoms with van der Waals surface area (Å²) in [6, 6.07) is 7.21. The monoisotopic (exact) mass is 646 g/mol. The molecule has 46 heavy (non-hydrogen) atoms. The molecule has 11 heteroatoms. The van der Waals surface area contributed by atoms with Crippen LogP contribution in [0, 0.1) is 17.8 Å². The molecular formula is C35H58N4O7. The van der Waals surface area contributed by atoms with Crippen LogP contribution in [0.3, 0.4) is 0 Å². The number of aliphatic hydroxyl groups excluding tert-OH is 1. The first-order valence-electron chi connectivity index (χ1n) is 16.6. The Morgan fingerprint density at radius 2 is 1.65 bits per heavy atom. The van der Waals surface area contributed by atoms with Gasteiger partial charge >= 0.3 is 0 Å². The molecule has 2 rings (SSSR count). The van der Waals surface area contributed by atoms with Gasteiger partial charge in [0.1, 0.15) is 6.04 Å². The van der Waals surface area contributed by atoms with Gasteiger partial charge in [0.25, 0.3) is 0 Å². The van der Waals surface area contributed by atoms with Crippen LogP contribution in [0.4, 0.5) is 0 Å². The maximum Gasteiger partial charge on any atom is 0.245 e. The minimum Gasteiger partial charge on any atom is -0.386 e. The highest BCUT2D eigenvalue weighted by Gasteiger charge is 2.43. The zero-order chi connectivity index (χ0) is 34.7. The average molecular weight is 647 g/mol. The largest absolute Gasteiger partial charge is 0.386 e. The molecule has 3 N–H and O–H groups in total. The average Bonchev–Trinajstić information content (AvgIpc) is 3.52. The highest BCUT2D eigenvalue weighted by molar-refractivity contribution is 5.87. The summed E-state index contributed by atoms with van der Waals surface area (Å²) in [5.41, 5.74) is 0.712. The quantitative estimate of drug-likeness (QED) is 0.236. The van der Waals surface area contributed by atoms with Crippen molar-refractivity contribution in [3.05, 3.63) is 35.9 Å². The number of nitrogens with one attached hydrogen (secondary N) is 2. The van der Waals surface area contributed by atoms with E-state index in [1.54, 1.807) is 44.9 Å². The molecule has 0 bridgehead atoms. The van der Waals surface area contributed by atoms with E-state index in [4.69, 9.17) is 9.47 Å². The van der Waals surface area contributed by atoms with Crippen LogP contribution < -0.4 is 10.6 Å². The van der Waals surface area contributed by atoms with Gasteiger partial charge < -0.3 is 35.0 Å². The van der Waals surface area contributed by atoms with Gasteiger partial charge in [-0.3, -0.25) is 19.2 Å².